The van der Waals surface area contributed by atoms with Gasteiger partial charge in [-0.05, 0) is 43.7 Å². The fraction of sp³-hybridized carbons (Fsp3) is 0.500. The monoisotopic (exact) mass is 431 g/mol. The zero-order valence-electron chi connectivity index (χ0n) is 16.8. The normalized spacial score (nSPS) is 17.0. The van der Waals surface area contributed by atoms with E-state index in [4.69, 9.17) is 16.3 Å². The summed E-state index contributed by atoms with van der Waals surface area (Å²) in [5.74, 6) is 0.731. The zero-order valence-corrected chi connectivity index (χ0v) is 17.5. The first kappa shape index (κ1) is 21.0. The molecule has 0 radical (unpaired) electrons. The largest absolute Gasteiger partial charge is 0.396 e. The van der Waals surface area contributed by atoms with Crippen molar-refractivity contribution >= 4 is 17.5 Å². The maximum atomic E-state index is 12.8. The molecule has 0 atom stereocenters. The Kier molecular flexibility index (Phi) is 6.22. The number of aliphatic hydroxyl groups is 1. The number of aromatic nitrogens is 2. The molecular weight excluding hydrogens is 406 g/mol. The van der Waals surface area contributed by atoms with Crippen molar-refractivity contribution in [2.75, 3.05) is 19.8 Å². The summed E-state index contributed by atoms with van der Waals surface area (Å²) < 4.78 is 7.13. The van der Waals surface area contributed by atoms with Crippen molar-refractivity contribution in [1.29, 1.82) is 0 Å². The molecule has 2 saturated carbocycles. The Morgan fingerprint density at radius 1 is 1.30 bits per heavy atom. The van der Waals surface area contributed by atoms with Crippen molar-refractivity contribution in [1.82, 2.24) is 14.9 Å². The first-order valence-corrected chi connectivity index (χ1v) is 10.7. The first-order chi connectivity index (χ1) is 14.5. The summed E-state index contributed by atoms with van der Waals surface area (Å²) in [5, 5.41) is 12.8. The molecule has 0 saturated heterocycles. The molecule has 160 valence electrons. The highest BCUT2D eigenvalue weighted by atomic mass is 35.5. The average Bonchev–Trinajstić information content (AvgIpc) is 3.65. The molecule has 2 N–H and O–H groups in total. The zero-order chi connectivity index (χ0) is 21.1. The minimum Gasteiger partial charge on any atom is -0.396 e. The standard InChI is InChI=1S/C22H26ClN3O4/c23-17-5-3-16(4-6-17)18-9-21(29)26(19(25-18)12-30-11-15-1-2-15)10-20(28)24-13-22(14-27)7-8-22/h3-6,9,15,27H,1-2,7-8,10-14H2,(H,24,28). The molecule has 2 aromatic rings. The minimum atomic E-state index is -0.307. The van der Waals surface area contributed by atoms with Crippen LogP contribution in [0.1, 0.15) is 31.5 Å². The van der Waals surface area contributed by atoms with E-state index in [0.29, 0.717) is 35.6 Å². The van der Waals surface area contributed by atoms with E-state index < -0.39 is 0 Å². The third-order valence-corrected chi connectivity index (χ3v) is 6.02. The molecule has 1 amide bonds. The lowest BCUT2D eigenvalue weighted by molar-refractivity contribution is -0.122. The van der Waals surface area contributed by atoms with Gasteiger partial charge in [-0.2, -0.15) is 0 Å². The molecule has 0 spiro atoms. The SMILES string of the molecule is O=C(Cn1c(COCC2CC2)nc(-c2ccc(Cl)cc2)cc1=O)NCC1(CO)CC1. The number of aliphatic hydroxyl groups excluding tert-OH is 1. The van der Waals surface area contributed by atoms with Crippen LogP contribution in [-0.4, -0.2) is 40.3 Å². The highest BCUT2D eigenvalue weighted by Gasteiger charge is 2.42. The molecule has 2 fully saturated rings. The third-order valence-electron chi connectivity index (χ3n) is 5.76. The van der Waals surface area contributed by atoms with Crippen LogP contribution in [0.4, 0.5) is 0 Å². The summed E-state index contributed by atoms with van der Waals surface area (Å²) in [4.78, 5) is 29.9. The lowest BCUT2D eigenvalue weighted by Gasteiger charge is -2.16. The number of nitrogens with one attached hydrogen (secondary N) is 1. The van der Waals surface area contributed by atoms with Gasteiger partial charge in [0.05, 0.1) is 12.3 Å². The molecule has 1 aromatic heterocycles. The van der Waals surface area contributed by atoms with E-state index in [9.17, 15) is 14.7 Å². The molecule has 8 heteroatoms. The summed E-state index contributed by atoms with van der Waals surface area (Å²) in [5.41, 5.74) is 0.803. The van der Waals surface area contributed by atoms with Crippen LogP contribution in [0.2, 0.25) is 5.02 Å². The molecular formula is C22H26ClN3O4. The smallest absolute Gasteiger partial charge is 0.254 e. The van der Waals surface area contributed by atoms with Crippen LogP contribution in [-0.2, 0) is 22.7 Å². The number of hydrogen-bond acceptors (Lipinski definition) is 5. The summed E-state index contributed by atoms with van der Waals surface area (Å²) >= 11 is 5.96. The molecule has 2 aliphatic rings. The molecule has 4 rings (SSSR count). The van der Waals surface area contributed by atoms with Crippen LogP contribution in [0.5, 0.6) is 0 Å². The Bertz CT molecular complexity index is 965. The number of carbonyl (C=O) groups excluding carboxylic acids is 1. The Morgan fingerprint density at radius 2 is 2.03 bits per heavy atom. The second-order valence-electron chi connectivity index (χ2n) is 8.38. The molecule has 0 aliphatic heterocycles. The molecule has 0 bridgehead atoms. The van der Waals surface area contributed by atoms with E-state index in [1.165, 1.54) is 23.5 Å². The number of carbonyl (C=O) groups is 1. The molecule has 1 aromatic carbocycles. The van der Waals surface area contributed by atoms with Gasteiger partial charge in [-0.3, -0.25) is 14.2 Å². The molecule has 30 heavy (non-hydrogen) atoms. The van der Waals surface area contributed by atoms with Gasteiger partial charge < -0.3 is 15.2 Å². The predicted molar refractivity (Wildman–Crippen MR) is 113 cm³/mol. The van der Waals surface area contributed by atoms with Gasteiger partial charge in [-0.1, -0.05) is 23.7 Å². The van der Waals surface area contributed by atoms with Gasteiger partial charge in [0, 0.05) is 35.2 Å². The van der Waals surface area contributed by atoms with Gasteiger partial charge in [-0.25, -0.2) is 4.98 Å². The molecule has 2 aliphatic carbocycles. The Hall–Kier alpha value is -2.22. The highest BCUT2D eigenvalue weighted by molar-refractivity contribution is 6.30. The third kappa shape index (κ3) is 5.28. The summed E-state index contributed by atoms with van der Waals surface area (Å²) in [6.07, 6.45) is 4.14. The summed E-state index contributed by atoms with van der Waals surface area (Å²) in [6.45, 7) is 1.15. The average molecular weight is 432 g/mol. The van der Waals surface area contributed by atoms with E-state index in [1.54, 1.807) is 24.3 Å². The number of ether oxygens (including phenoxy) is 1. The number of halogens is 1. The van der Waals surface area contributed by atoms with E-state index >= 15 is 0 Å². The van der Waals surface area contributed by atoms with Crippen LogP contribution >= 0.6 is 11.6 Å². The number of rotatable bonds is 10. The number of benzene rings is 1. The Balaban J connectivity index is 1.52. The van der Waals surface area contributed by atoms with Crippen molar-refractivity contribution in [2.24, 2.45) is 11.3 Å². The van der Waals surface area contributed by atoms with E-state index in [1.807, 2.05) is 0 Å². The second-order valence-corrected chi connectivity index (χ2v) is 8.82. The first-order valence-electron chi connectivity index (χ1n) is 10.3. The summed E-state index contributed by atoms with van der Waals surface area (Å²) in [6, 6.07) is 8.53. The molecule has 0 unspecified atom stereocenters. The summed E-state index contributed by atoms with van der Waals surface area (Å²) in [7, 11) is 0. The highest BCUT2D eigenvalue weighted by Crippen LogP contribution is 2.44. The van der Waals surface area contributed by atoms with Crippen molar-refractivity contribution in [3.63, 3.8) is 0 Å². The Morgan fingerprint density at radius 3 is 2.67 bits per heavy atom. The maximum absolute atomic E-state index is 12.8. The van der Waals surface area contributed by atoms with Crippen LogP contribution < -0.4 is 10.9 Å². The Labute approximate surface area is 180 Å². The van der Waals surface area contributed by atoms with E-state index in [-0.39, 0.29) is 36.6 Å². The van der Waals surface area contributed by atoms with Crippen LogP contribution in [0, 0.1) is 11.3 Å². The molecule has 7 nitrogen and oxygen atoms in total. The number of hydrogen-bond donors (Lipinski definition) is 2. The maximum Gasteiger partial charge on any atom is 0.254 e. The second kappa shape index (κ2) is 8.88. The van der Waals surface area contributed by atoms with Crippen LogP contribution in [0.15, 0.2) is 35.1 Å². The van der Waals surface area contributed by atoms with Crippen molar-refractivity contribution < 1.29 is 14.6 Å². The van der Waals surface area contributed by atoms with Crippen molar-refractivity contribution in [3.05, 3.63) is 51.5 Å². The predicted octanol–water partition coefficient (Wildman–Crippen LogP) is 2.38. The number of amides is 1. The topological polar surface area (TPSA) is 93.5 Å². The van der Waals surface area contributed by atoms with Gasteiger partial charge in [0.1, 0.15) is 19.0 Å². The van der Waals surface area contributed by atoms with E-state index in [2.05, 4.69) is 10.3 Å². The molecule has 1 heterocycles. The van der Waals surface area contributed by atoms with Gasteiger partial charge in [0.25, 0.3) is 5.56 Å². The van der Waals surface area contributed by atoms with Gasteiger partial charge in [-0.15, -0.1) is 0 Å². The number of nitrogens with zero attached hydrogens (tertiary/aromatic N) is 2. The van der Waals surface area contributed by atoms with Gasteiger partial charge >= 0.3 is 0 Å². The minimum absolute atomic E-state index is 0.0603. The van der Waals surface area contributed by atoms with E-state index in [0.717, 1.165) is 18.4 Å². The van der Waals surface area contributed by atoms with Gasteiger partial charge in [0.15, 0.2) is 0 Å². The quantitative estimate of drug-likeness (QED) is 0.602. The fourth-order valence-electron chi connectivity index (χ4n) is 3.26. The van der Waals surface area contributed by atoms with Crippen LogP contribution in [0.3, 0.4) is 0 Å². The fourth-order valence-corrected chi connectivity index (χ4v) is 3.38. The van der Waals surface area contributed by atoms with Crippen LogP contribution in [0.25, 0.3) is 11.3 Å². The van der Waals surface area contributed by atoms with Gasteiger partial charge in [0.2, 0.25) is 5.91 Å². The lowest BCUT2D eigenvalue weighted by Crippen LogP contribution is -2.37. The van der Waals surface area contributed by atoms with Crippen molar-refractivity contribution in [2.45, 2.75) is 38.8 Å². The lowest BCUT2D eigenvalue weighted by atomic mass is 10.1. The van der Waals surface area contributed by atoms with Crippen molar-refractivity contribution in [3.8, 4) is 11.3 Å².